The van der Waals surface area contributed by atoms with Crippen molar-refractivity contribution in [3.63, 3.8) is 0 Å². The topological polar surface area (TPSA) is 75.2 Å². The Morgan fingerprint density at radius 1 is 1.00 bits per heavy atom. The number of carbonyl (C=O) groups is 2. The number of fused-ring (bicyclic) bond motifs is 1. The largest absolute Gasteiger partial charge is 0.497 e. The molecule has 2 aliphatic rings. The molecule has 2 aliphatic heterocycles. The molecule has 0 saturated carbocycles. The molecule has 3 heterocycles. The van der Waals surface area contributed by atoms with E-state index in [0.29, 0.717) is 32.4 Å². The molecule has 0 N–H and O–H groups in total. The highest BCUT2D eigenvalue weighted by atomic mass is 32.1. The van der Waals surface area contributed by atoms with E-state index in [2.05, 4.69) is 11.0 Å². The number of hydrogen-bond donors (Lipinski definition) is 0. The maximum atomic E-state index is 13.6. The molecule has 190 valence electrons. The van der Waals surface area contributed by atoms with Gasteiger partial charge in [0.25, 0.3) is 5.91 Å². The van der Waals surface area contributed by atoms with Crippen molar-refractivity contribution >= 4 is 33.5 Å². The highest BCUT2D eigenvalue weighted by Crippen LogP contribution is 2.38. The summed E-state index contributed by atoms with van der Waals surface area (Å²) in [5.74, 6) is 0.716. The number of imide groups is 1. The molecule has 8 nitrogen and oxygen atoms in total. The van der Waals surface area contributed by atoms with E-state index in [0.717, 1.165) is 41.5 Å². The average Bonchev–Trinajstić information content (AvgIpc) is 3.39. The van der Waals surface area contributed by atoms with Crippen LogP contribution < -0.4 is 4.74 Å². The van der Waals surface area contributed by atoms with Gasteiger partial charge in [0.05, 0.1) is 37.0 Å². The fourth-order valence-corrected chi connectivity index (χ4v) is 6.26. The molecule has 0 radical (unpaired) electrons. The molecule has 1 aromatic heterocycles. The molecule has 3 aromatic rings. The summed E-state index contributed by atoms with van der Waals surface area (Å²) in [6, 6.07) is 15.8. The van der Waals surface area contributed by atoms with Gasteiger partial charge in [-0.3, -0.25) is 14.6 Å². The Balaban J connectivity index is 1.30. The number of piperidine rings is 1. The number of ether oxygens (including phenoxy) is 2. The number of aromatic nitrogens is 1. The summed E-state index contributed by atoms with van der Waals surface area (Å²) in [4.78, 5) is 37.4. The van der Waals surface area contributed by atoms with Crippen molar-refractivity contribution in [2.45, 2.75) is 31.3 Å². The molecule has 0 unspecified atom stereocenters. The van der Waals surface area contributed by atoms with Crippen molar-refractivity contribution in [2.24, 2.45) is 0 Å². The van der Waals surface area contributed by atoms with E-state index in [1.807, 2.05) is 47.4 Å². The van der Waals surface area contributed by atoms with Gasteiger partial charge in [-0.15, -0.1) is 11.3 Å². The van der Waals surface area contributed by atoms with Crippen LogP contribution in [0.25, 0.3) is 10.2 Å². The van der Waals surface area contributed by atoms with Gasteiger partial charge in [0, 0.05) is 26.7 Å². The molecule has 9 heteroatoms. The first-order chi connectivity index (χ1) is 17.5. The number of para-hydroxylation sites is 1. The fraction of sp³-hybridized carbons (Fsp3) is 0.444. The van der Waals surface area contributed by atoms with E-state index in [1.54, 1.807) is 25.6 Å². The summed E-state index contributed by atoms with van der Waals surface area (Å²) in [6.07, 6.45) is 1.92. The van der Waals surface area contributed by atoms with Crippen LogP contribution in [0.5, 0.6) is 5.75 Å². The smallest absolute Gasteiger partial charge is 0.327 e. The number of hydrogen-bond acceptors (Lipinski definition) is 7. The standard InChI is InChI=1S/C27H32N4O4S/c1-34-18-17-30-25(32)27(31(26(30)33)14-11-20-7-9-21(35-2)10-8-20)12-15-29(16-13-27)19-24-28-22-5-3-4-6-23(22)36-24/h3-10H,11-19H2,1-2H3. The number of amides is 3. The van der Waals surface area contributed by atoms with Gasteiger partial charge < -0.3 is 14.4 Å². The second-order valence-electron chi connectivity index (χ2n) is 9.36. The van der Waals surface area contributed by atoms with Gasteiger partial charge in [0.1, 0.15) is 16.3 Å². The molecule has 0 bridgehead atoms. The van der Waals surface area contributed by atoms with Crippen LogP contribution in [0, 0.1) is 0 Å². The Morgan fingerprint density at radius 3 is 2.44 bits per heavy atom. The second-order valence-corrected chi connectivity index (χ2v) is 10.5. The Hall–Kier alpha value is -3.01. The van der Waals surface area contributed by atoms with Crippen LogP contribution >= 0.6 is 11.3 Å². The number of benzene rings is 2. The third-order valence-electron chi connectivity index (χ3n) is 7.30. The van der Waals surface area contributed by atoms with Crippen molar-refractivity contribution in [1.29, 1.82) is 0 Å². The van der Waals surface area contributed by atoms with Gasteiger partial charge in [-0.1, -0.05) is 24.3 Å². The van der Waals surface area contributed by atoms with E-state index >= 15 is 0 Å². The van der Waals surface area contributed by atoms with Crippen LogP contribution in [0.2, 0.25) is 0 Å². The lowest BCUT2D eigenvalue weighted by Crippen LogP contribution is -2.56. The van der Waals surface area contributed by atoms with Crippen molar-refractivity contribution in [3.05, 3.63) is 59.1 Å². The van der Waals surface area contributed by atoms with E-state index in [1.165, 1.54) is 9.60 Å². The van der Waals surface area contributed by atoms with Gasteiger partial charge in [-0.2, -0.15) is 0 Å². The minimum atomic E-state index is -0.790. The number of likely N-dealkylation sites (tertiary alicyclic amines) is 1. The van der Waals surface area contributed by atoms with Gasteiger partial charge in [-0.05, 0) is 49.1 Å². The zero-order valence-electron chi connectivity index (χ0n) is 20.8. The molecule has 5 rings (SSSR count). The predicted molar refractivity (Wildman–Crippen MR) is 139 cm³/mol. The lowest BCUT2D eigenvalue weighted by atomic mass is 9.85. The lowest BCUT2D eigenvalue weighted by Gasteiger charge is -2.42. The molecule has 0 atom stereocenters. The van der Waals surface area contributed by atoms with Crippen molar-refractivity contribution in [3.8, 4) is 5.75 Å². The first-order valence-corrected chi connectivity index (χ1v) is 13.2. The predicted octanol–water partition coefficient (Wildman–Crippen LogP) is 3.79. The number of nitrogens with zero attached hydrogens (tertiary/aromatic N) is 4. The zero-order chi connectivity index (χ0) is 25.1. The van der Waals surface area contributed by atoms with Crippen molar-refractivity contribution in [2.75, 3.05) is 47.0 Å². The summed E-state index contributed by atoms with van der Waals surface area (Å²) < 4.78 is 11.6. The highest BCUT2D eigenvalue weighted by molar-refractivity contribution is 7.18. The van der Waals surface area contributed by atoms with Gasteiger partial charge >= 0.3 is 6.03 Å². The zero-order valence-corrected chi connectivity index (χ0v) is 21.6. The monoisotopic (exact) mass is 508 g/mol. The molecule has 0 aliphatic carbocycles. The molecule has 3 amide bonds. The Kier molecular flexibility index (Phi) is 7.22. The average molecular weight is 509 g/mol. The Morgan fingerprint density at radius 2 is 1.75 bits per heavy atom. The fourth-order valence-electron chi connectivity index (χ4n) is 5.25. The first-order valence-electron chi connectivity index (χ1n) is 12.4. The van der Waals surface area contributed by atoms with Crippen LogP contribution in [0.15, 0.2) is 48.5 Å². The van der Waals surface area contributed by atoms with Crippen LogP contribution in [0.3, 0.4) is 0 Å². The van der Waals surface area contributed by atoms with Gasteiger partial charge in [0.2, 0.25) is 0 Å². The van der Waals surface area contributed by atoms with E-state index in [-0.39, 0.29) is 18.5 Å². The number of carbonyl (C=O) groups excluding carboxylic acids is 2. The van der Waals surface area contributed by atoms with Crippen molar-refractivity contribution < 1.29 is 19.1 Å². The minimum Gasteiger partial charge on any atom is -0.497 e. The number of methoxy groups -OCH3 is 2. The van der Waals surface area contributed by atoms with Gasteiger partial charge in [0.15, 0.2) is 0 Å². The van der Waals surface area contributed by atoms with Crippen molar-refractivity contribution in [1.82, 2.24) is 19.7 Å². The molecule has 1 spiro atoms. The molecular weight excluding hydrogens is 476 g/mol. The number of urea groups is 1. The summed E-state index contributed by atoms with van der Waals surface area (Å²) in [5, 5.41) is 1.08. The van der Waals surface area contributed by atoms with Crippen LogP contribution in [-0.4, -0.2) is 84.2 Å². The summed E-state index contributed by atoms with van der Waals surface area (Å²) in [5.41, 5.74) is 1.34. The third kappa shape index (κ3) is 4.70. The van der Waals surface area contributed by atoms with E-state index in [9.17, 15) is 9.59 Å². The number of thiazole rings is 1. The molecule has 2 fully saturated rings. The lowest BCUT2D eigenvalue weighted by molar-refractivity contribution is -0.136. The maximum Gasteiger partial charge on any atom is 0.327 e. The molecule has 36 heavy (non-hydrogen) atoms. The van der Waals surface area contributed by atoms with Crippen LogP contribution in [-0.2, 0) is 22.5 Å². The third-order valence-corrected chi connectivity index (χ3v) is 8.33. The van der Waals surface area contributed by atoms with Gasteiger partial charge in [-0.25, -0.2) is 9.78 Å². The summed E-state index contributed by atoms with van der Waals surface area (Å²) in [6.45, 7) is 3.36. The van der Waals surface area contributed by atoms with E-state index in [4.69, 9.17) is 14.5 Å². The molecular formula is C27H32N4O4S. The summed E-state index contributed by atoms with van der Waals surface area (Å²) in [7, 11) is 3.23. The Bertz CT molecular complexity index is 1190. The molecule has 2 saturated heterocycles. The maximum absolute atomic E-state index is 13.6. The Labute approximate surface area is 215 Å². The molecule has 2 aromatic carbocycles. The quantitative estimate of drug-likeness (QED) is 0.410. The van der Waals surface area contributed by atoms with Crippen LogP contribution in [0.4, 0.5) is 4.79 Å². The summed E-state index contributed by atoms with van der Waals surface area (Å²) >= 11 is 1.72. The van der Waals surface area contributed by atoms with Crippen LogP contribution in [0.1, 0.15) is 23.4 Å². The second kappa shape index (κ2) is 10.5. The normalized spacial score (nSPS) is 18.1. The number of rotatable bonds is 9. The SMILES string of the molecule is COCCN1C(=O)N(CCc2ccc(OC)cc2)C2(CCN(Cc3nc4ccccc4s3)CC2)C1=O. The first kappa shape index (κ1) is 24.7. The minimum absolute atomic E-state index is 0.0843. The van der Waals surface area contributed by atoms with E-state index < -0.39 is 5.54 Å². The highest BCUT2D eigenvalue weighted by Gasteiger charge is 2.57.